The Kier molecular flexibility index (Phi) is 4.14. The molecule has 0 aliphatic heterocycles. The van der Waals surface area contributed by atoms with Crippen molar-refractivity contribution in [3.05, 3.63) is 24.3 Å². The van der Waals surface area contributed by atoms with Crippen molar-refractivity contribution in [2.45, 2.75) is 31.8 Å². The van der Waals surface area contributed by atoms with Gasteiger partial charge in [-0.15, -0.1) is 0 Å². The summed E-state index contributed by atoms with van der Waals surface area (Å²) in [5, 5.41) is 8.48. The number of hydrogen-bond acceptors (Lipinski definition) is 3. The quantitative estimate of drug-likeness (QED) is 0.327. The van der Waals surface area contributed by atoms with Gasteiger partial charge in [-0.1, -0.05) is 37.7 Å². The third-order valence-corrected chi connectivity index (χ3v) is 4.24. The summed E-state index contributed by atoms with van der Waals surface area (Å²) in [4.78, 5) is 7.82. The second-order valence-corrected chi connectivity index (χ2v) is 6.39. The summed E-state index contributed by atoms with van der Waals surface area (Å²) in [6, 6.07) is 8.04. The number of para-hydroxylation sites is 2. The van der Waals surface area contributed by atoms with Gasteiger partial charge in [-0.2, -0.15) is 0 Å². The van der Waals surface area contributed by atoms with E-state index in [4.69, 9.17) is 11.1 Å². The zero-order chi connectivity index (χ0) is 13.9. The molecule has 4 nitrogen and oxygen atoms in total. The predicted molar refractivity (Wildman–Crippen MR) is 81.7 cm³/mol. The van der Waals surface area contributed by atoms with Crippen LogP contribution in [0.5, 0.6) is 0 Å². The lowest BCUT2D eigenvalue weighted by Crippen LogP contribution is -2.30. The minimum atomic E-state index is -0.200. The molecule has 0 atom stereocenters. The summed E-state index contributed by atoms with van der Waals surface area (Å²) in [5.41, 5.74) is 7.46. The molecule has 5 heteroatoms. The Morgan fingerprint density at radius 1 is 1.42 bits per heavy atom. The summed E-state index contributed by atoms with van der Waals surface area (Å²) >= 11 is 1.72. The Hall–Kier alpha value is -1.49. The van der Waals surface area contributed by atoms with Crippen LogP contribution < -0.4 is 5.73 Å². The minimum absolute atomic E-state index is 0.200. The number of amidine groups is 1. The topological polar surface area (TPSA) is 78.5 Å². The fourth-order valence-corrected chi connectivity index (χ4v) is 2.64. The molecule has 4 N–H and O–H groups in total. The second-order valence-electron chi connectivity index (χ2n) is 5.31. The van der Waals surface area contributed by atoms with E-state index in [1.807, 2.05) is 38.1 Å². The number of rotatable bonds is 6. The highest BCUT2D eigenvalue weighted by atomic mass is 32.2. The van der Waals surface area contributed by atoms with E-state index in [9.17, 15) is 0 Å². The van der Waals surface area contributed by atoms with Crippen LogP contribution in [0.1, 0.15) is 26.7 Å². The van der Waals surface area contributed by atoms with Gasteiger partial charge in [0.15, 0.2) is 5.16 Å². The van der Waals surface area contributed by atoms with E-state index in [2.05, 4.69) is 9.97 Å². The molecule has 0 bridgehead atoms. The fourth-order valence-electron chi connectivity index (χ4n) is 1.82. The van der Waals surface area contributed by atoms with E-state index in [1.165, 1.54) is 0 Å². The lowest BCUT2D eigenvalue weighted by Gasteiger charge is -2.22. The number of nitrogens with two attached hydrogens (primary N) is 1. The summed E-state index contributed by atoms with van der Waals surface area (Å²) in [5.74, 6) is 1.25. The monoisotopic (exact) mass is 276 g/mol. The van der Waals surface area contributed by atoms with Crippen molar-refractivity contribution in [2.24, 2.45) is 11.1 Å². The van der Waals surface area contributed by atoms with Crippen molar-refractivity contribution < 1.29 is 0 Å². The highest BCUT2D eigenvalue weighted by molar-refractivity contribution is 7.99. The Labute approximate surface area is 117 Å². The van der Waals surface area contributed by atoms with Gasteiger partial charge in [0.25, 0.3) is 0 Å². The summed E-state index contributed by atoms with van der Waals surface area (Å²) < 4.78 is 0. The molecule has 102 valence electrons. The minimum Gasteiger partial charge on any atom is -0.387 e. The molecule has 0 unspecified atom stereocenters. The highest BCUT2D eigenvalue weighted by Crippen LogP contribution is 2.25. The van der Waals surface area contributed by atoms with Crippen molar-refractivity contribution in [1.29, 1.82) is 5.41 Å². The van der Waals surface area contributed by atoms with E-state index in [-0.39, 0.29) is 11.3 Å². The normalized spacial score (nSPS) is 11.9. The van der Waals surface area contributed by atoms with Gasteiger partial charge in [0.2, 0.25) is 0 Å². The van der Waals surface area contributed by atoms with Gasteiger partial charge in [-0.25, -0.2) is 4.98 Å². The largest absolute Gasteiger partial charge is 0.387 e. The van der Waals surface area contributed by atoms with Gasteiger partial charge in [0.1, 0.15) is 0 Å². The second kappa shape index (κ2) is 5.65. The molecule has 0 amide bonds. The lowest BCUT2D eigenvalue weighted by atomic mass is 9.87. The number of benzene rings is 1. The van der Waals surface area contributed by atoms with Crippen molar-refractivity contribution >= 4 is 28.6 Å². The molecule has 0 aliphatic rings. The number of nitrogens with one attached hydrogen (secondary N) is 2. The highest BCUT2D eigenvalue weighted by Gasteiger charge is 2.20. The first-order valence-corrected chi connectivity index (χ1v) is 7.40. The molecule has 0 aliphatic carbocycles. The number of thioether (sulfide) groups is 1. The molecule has 1 aromatic heterocycles. The van der Waals surface area contributed by atoms with Crippen LogP contribution in [0.2, 0.25) is 0 Å². The number of imidazole rings is 1. The third-order valence-electron chi connectivity index (χ3n) is 3.28. The average Bonchev–Trinajstić information content (AvgIpc) is 2.77. The van der Waals surface area contributed by atoms with Crippen LogP contribution in [0.25, 0.3) is 11.0 Å². The molecule has 0 radical (unpaired) electrons. The maximum atomic E-state index is 7.52. The molecule has 0 saturated heterocycles. The van der Waals surface area contributed by atoms with E-state index >= 15 is 0 Å². The number of aromatic nitrogens is 2. The molecule has 0 saturated carbocycles. The first-order valence-electron chi connectivity index (χ1n) is 6.41. The molecule has 0 spiro atoms. The average molecular weight is 276 g/mol. The van der Waals surface area contributed by atoms with E-state index < -0.39 is 0 Å². The number of H-pyrrole nitrogens is 1. The van der Waals surface area contributed by atoms with E-state index in [1.54, 1.807) is 11.8 Å². The number of fused-ring (bicyclic) bond motifs is 1. The van der Waals surface area contributed by atoms with E-state index in [0.29, 0.717) is 0 Å². The van der Waals surface area contributed by atoms with Crippen LogP contribution in [-0.4, -0.2) is 21.6 Å². The van der Waals surface area contributed by atoms with Crippen LogP contribution in [0.4, 0.5) is 0 Å². The maximum absolute atomic E-state index is 7.52. The third kappa shape index (κ3) is 3.50. The van der Waals surface area contributed by atoms with Gasteiger partial charge in [-0.3, -0.25) is 5.41 Å². The van der Waals surface area contributed by atoms with Crippen LogP contribution in [0.15, 0.2) is 29.4 Å². The van der Waals surface area contributed by atoms with Gasteiger partial charge >= 0.3 is 0 Å². The van der Waals surface area contributed by atoms with Crippen molar-refractivity contribution in [1.82, 2.24) is 9.97 Å². The molecule has 2 aromatic rings. The Balaban J connectivity index is 1.84. The number of hydrogen-bond donors (Lipinski definition) is 3. The first kappa shape index (κ1) is 13.9. The first-order chi connectivity index (χ1) is 8.99. The van der Waals surface area contributed by atoms with Crippen LogP contribution >= 0.6 is 11.8 Å². The zero-order valence-corrected chi connectivity index (χ0v) is 12.2. The van der Waals surface area contributed by atoms with Crippen LogP contribution in [0.3, 0.4) is 0 Å². The SMILES string of the molecule is CC(C)(CCCSc1nc2ccccc2[nH]1)C(=N)N. The molecule has 2 rings (SSSR count). The van der Waals surface area contributed by atoms with Crippen molar-refractivity contribution in [3.63, 3.8) is 0 Å². The van der Waals surface area contributed by atoms with Gasteiger partial charge in [0, 0.05) is 11.2 Å². The number of nitrogens with zero attached hydrogens (tertiary/aromatic N) is 1. The number of aromatic amines is 1. The molecular formula is C14H20N4S. The van der Waals surface area contributed by atoms with Gasteiger partial charge < -0.3 is 10.7 Å². The van der Waals surface area contributed by atoms with Crippen molar-refractivity contribution in [2.75, 3.05) is 5.75 Å². The van der Waals surface area contributed by atoms with Gasteiger partial charge in [-0.05, 0) is 25.0 Å². The smallest absolute Gasteiger partial charge is 0.166 e. The van der Waals surface area contributed by atoms with Crippen LogP contribution in [0, 0.1) is 10.8 Å². The lowest BCUT2D eigenvalue weighted by molar-refractivity contribution is 0.464. The molecular weight excluding hydrogens is 256 g/mol. The molecule has 0 fully saturated rings. The standard InChI is InChI=1S/C14H20N4S/c1-14(2,12(15)16)8-5-9-19-13-17-10-6-3-4-7-11(10)18-13/h3-4,6-7H,5,8-9H2,1-2H3,(H3,15,16)(H,17,18). The Morgan fingerprint density at radius 3 is 2.84 bits per heavy atom. The summed E-state index contributed by atoms with van der Waals surface area (Å²) in [6.07, 6.45) is 1.95. The Morgan fingerprint density at radius 2 is 2.16 bits per heavy atom. The summed E-state index contributed by atoms with van der Waals surface area (Å²) in [7, 11) is 0. The zero-order valence-electron chi connectivity index (χ0n) is 11.4. The predicted octanol–water partition coefficient (Wildman–Crippen LogP) is 3.40. The Bertz CT molecular complexity index is 541. The maximum Gasteiger partial charge on any atom is 0.166 e. The summed E-state index contributed by atoms with van der Waals surface area (Å²) in [6.45, 7) is 4.03. The molecule has 1 aromatic carbocycles. The van der Waals surface area contributed by atoms with Crippen molar-refractivity contribution in [3.8, 4) is 0 Å². The molecule has 19 heavy (non-hydrogen) atoms. The van der Waals surface area contributed by atoms with Gasteiger partial charge in [0.05, 0.1) is 16.9 Å². The molecule has 1 heterocycles. The fraction of sp³-hybridized carbons (Fsp3) is 0.429. The van der Waals surface area contributed by atoms with E-state index in [0.717, 1.165) is 34.8 Å². The van der Waals surface area contributed by atoms with Crippen LogP contribution in [-0.2, 0) is 0 Å².